The topological polar surface area (TPSA) is 106 Å². The van der Waals surface area contributed by atoms with E-state index in [-0.39, 0.29) is 18.8 Å². The van der Waals surface area contributed by atoms with E-state index in [0.717, 1.165) is 0 Å². The van der Waals surface area contributed by atoms with Gasteiger partial charge in [-0.05, 0) is 0 Å². The van der Waals surface area contributed by atoms with E-state index in [4.69, 9.17) is 15.6 Å². The molecule has 0 fully saturated rings. The van der Waals surface area contributed by atoms with E-state index < -0.39 is 0 Å². The largest absolute Gasteiger partial charge is 0.425 e. The molecule has 1 rings (SSSR count). The molecule has 0 radical (unpaired) electrons. The van der Waals surface area contributed by atoms with Crippen molar-refractivity contribution in [3.8, 4) is 0 Å². The minimum atomic E-state index is -0.272. The minimum absolute atomic E-state index is 0.0615. The quantitative estimate of drug-likeness (QED) is 0.441. The molecule has 0 aromatic carbocycles. The first-order valence-electron chi connectivity index (χ1n) is 4.48. The van der Waals surface area contributed by atoms with Crippen LogP contribution in [0.4, 0.5) is 5.69 Å². The van der Waals surface area contributed by atoms with Gasteiger partial charge in [-0.25, -0.2) is 4.98 Å². The summed E-state index contributed by atoms with van der Waals surface area (Å²) >= 11 is 0. The number of anilines is 1. The van der Waals surface area contributed by atoms with Crippen LogP contribution < -0.4 is 10.5 Å². The number of aromatic nitrogens is 2. The van der Waals surface area contributed by atoms with Crippen LogP contribution in [0.25, 0.3) is 0 Å². The normalized spacial score (nSPS) is 10.3. The second-order valence-electron chi connectivity index (χ2n) is 2.91. The van der Waals surface area contributed by atoms with E-state index >= 15 is 0 Å². The van der Waals surface area contributed by atoms with Crippen LogP contribution in [0, 0.1) is 5.41 Å². The van der Waals surface area contributed by atoms with Gasteiger partial charge in [-0.1, -0.05) is 0 Å². The van der Waals surface area contributed by atoms with Crippen LogP contribution in [-0.4, -0.2) is 51.4 Å². The van der Waals surface area contributed by atoms with Gasteiger partial charge in [0.05, 0.1) is 31.3 Å². The summed E-state index contributed by atoms with van der Waals surface area (Å²) in [6, 6.07) is 0. The first-order valence-corrected chi connectivity index (χ1v) is 4.48. The molecule has 7 nitrogen and oxygen atoms in total. The van der Waals surface area contributed by atoms with E-state index in [9.17, 15) is 5.21 Å². The van der Waals surface area contributed by atoms with Crippen LogP contribution >= 0.6 is 0 Å². The first kappa shape index (κ1) is 11.5. The average Bonchev–Trinajstić information content (AvgIpc) is 2.22. The van der Waals surface area contributed by atoms with E-state index in [1.807, 2.05) is 0 Å². The third-order valence-corrected chi connectivity index (χ3v) is 1.90. The molecule has 0 bridgehead atoms. The Kier molecular flexibility index (Phi) is 4.07. The SMILES string of the molecule is N=c1ncc(N(CCO)CCO)cn1O. The van der Waals surface area contributed by atoms with E-state index in [2.05, 4.69) is 4.98 Å². The molecule has 15 heavy (non-hydrogen) atoms. The Labute approximate surface area is 86.3 Å². The number of nitrogens with one attached hydrogen (secondary N) is 1. The van der Waals surface area contributed by atoms with Crippen LogP contribution in [0.1, 0.15) is 0 Å². The van der Waals surface area contributed by atoms with Crippen LogP contribution in [0.15, 0.2) is 12.4 Å². The zero-order valence-electron chi connectivity index (χ0n) is 8.17. The van der Waals surface area contributed by atoms with Gasteiger partial charge in [-0.15, -0.1) is 0 Å². The van der Waals surface area contributed by atoms with E-state index in [1.165, 1.54) is 12.4 Å². The van der Waals surface area contributed by atoms with Crippen molar-refractivity contribution in [3.63, 3.8) is 0 Å². The van der Waals surface area contributed by atoms with Gasteiger partial charge in [0.15, 0.2) is 0 Å². The minimum Gasteiger partial charge on any atom is -0.425 e. The average molecular weight is 214 g/mol. The Hall–Kier alpha value is -1.60. The number of hydrogen-bond acceptors (Lipinski definition) is 6. The molecule has 0 saturated heterocycles. The zero-order chi connectivity index (χ0) is 11.3. The summed E-state index contributed by atoms with van der Waals surface area (Å²) in [5.41, 5.74) is 0.267. The van der Waals surface area contributed by atoms with E-state index in [0.29, 0.717) is 23.5 Å². The summed E-state index contributed by atoms with van der Waals surface area (Å²) < 4.78 is 0.580. The van der Waals surface area contributed by atoms with Crippen molar-refractivity contribution in [1.82, 2.24) is 9.71 Å². The molecule has 0 atom stereocenters. The molecular weight excluding hydrogens is 200 g/mol. The highest BCUT2D eigenvalue weighted by Crippen LogP contribution is 2.08. The summed E-state index contributed by atoms with van der Waals surface area (Å²) in [6.07, 6.45) is 2.71. The van der Waals surface area contributed by atoms with Crippen LogP contribution in [0.2, 0.25) is 0 Å². The van der Waals surface area contributed by atoms with Crippen molar-refractivity contribution in [2.24, 2.45) is 0 Å². The lowest BCUT2D eigenvalue weighted by molar-refractivity contribution is 0.165. The van der Waals surface area contributed by atoms with Crippen molar-refractivity contribution in [2.75, 3.05) is 31.2 Å². The summed E-state index contributed by atoms with van der Waals surface area (Å²) in [5.74, 6) is 0. The van der Waals surface area contributed by atoms with Crippen molar-refractivity contribution < 1.29 is 15.4 Å². The van der Waals surface area contributed by atoms with Gasteiger partial charge in [0.2, 0.25) is 0 Å². The van der Waals surface area contributed by atoms with Gasteiger partial charge >= 0.3 is 0 Å². The van der Waals surface area contributed by atoms with Crippen molar-refractivity contribution in [1.29, 1.82) is 5.41 Å². The molecule has 0 spiro atoms. The Morgan fingerprint density at radius 3 is 2.40 bits per heavy atom. The first-order chi connectivity index (χ1) is 7.19. The third kappa shape index (κ3) is 2.93. The summed E-state index contributed by atoms with van der Waals surface area (Å²) in [6.45, 7) is 0.543. The standard InChI is InChI=1S/C8H14N4O3/c9-8-10-5-7(6-12(8)15)11(1-3-13)2-4-14/h5-6,9,13-15H,1-4H2. The molecule has 4 N–H and O–H groups in total. The maximum Gasteiger partial charge on any atom is 0.255 e. The van der Waals surface area contributed by atoms with Crippen LogP contribution in [0.5, 0.6) is 0 Å². The number of nitrogens with zero attached hydrogens (tertiary/aromatic N) is 3. The second-order valence-corrected chi connectivity index (χ2v) is 2.91. The number of aliphatic hydroxyl groups excluding tert-OH is 2. The predicted octanol–water partition coefficient (Wildman–Crippen LogP) is -1.61. The molecule has 0 aliphatic carbocycles. The highest BCUT2D eigenvalue weighted by atomic mass is 16.5. The highest BCUT2D eigenvalue weighted by molar-refractivity contribution is 5.41. The lowest BCUT2D eigenvalue weighted by atomic mass is 10.4. The Balaban J connectivity index is 2.90. The summed E-state index contributed by atoms with van der Waals surface area (Å²) in [5, 5.41) is 33.9. The molecule has 0 saturated carbocycles. The van der Waals surface area contributed by atoms with Gasteiger partial charge in [0.1, 0.15) is 0 Å². The number of rotatable bonds is 5. The molecule has 1 heterocycles. The summed E-state index contributed by atoms with van der Waals surface area (Å²) in [7, 11) is 0. The Morgan fingerprint density at radius 2 is 1.93 bits per heavy atom. The lowest BCUT2D eigenvalue weighted by Crippen LogP contribution is -2.32. The number of aliphatic hydroxyl groups is 2. The summed E-state index contributed by atoms with van der Waals surface area (Å²) in [4.78, 5) is 5.29. The van der Waals surface area contributed by atoms with Crippen molar-refractivity contribution in [2.45, 2.75) is 0 Å². The molecular formula is C8H14N4O3. The number of hydrogen-bond donors (Lipinski definition) is 4. The Morgan fingerprint density at radius 1 is 1.33 bits per heavy atom. The predicted molar refractivity (Wildman–Crippen MR) is 51.7 cm³/mol. The molecule has 1 aromatic heterocycles. The zero-order valence-corrected chi connectivity index (χ0v) is 8.17. The van der Waals surface area contributed by atoms with Gasteiger partial charge < -0.3 is 20.3 Å². The van der Waals surface area contributed by atoms with Crippen LogP contribution in [0.3, 0.4) is 0 Å². The fraction of sp³-hybridized carbons (Fsp3) is 0.500. The maximum atomic E-state index is 9.20. The second kappa shape index (κ2) is 5.32. The fourth-order valence-electron chi connectivity index (χ4n) is 1.18. The van der Waals surface area contributed by atoms with Gasteiger partial charge in [0, 0.05) is 13.1 Å². The molecule has 0 unspecified atom stereocenters. The molecule has 84 valence electrons. The third-order valence-electron chi connectivity index (χ3n) is 1.90. The smallest absolute Gasteiger partial charge is 0.255 e. The van der Waals surface area contributed by atoms with E-state index in [1.54, 1.807) is 4.90 Å². The molecule has 1 aromatic rings. The monoisotopic (exact) mass is 214 g/mol. The van der Waals surface area contributed by atoms with Crippen molar-refractivity contribution in [3.05, 3.63) is 18.0 Å². The highest BCUT2D eigenvalue weighted by Gasteiger charge is 2.06. The molecule has 0 aliphatic rings. The fourth-order valence-corrected chi connectivity index (χ4v) is 1.18. The Bertz CT molecular complexity index is 359. The van der Waals surface area contributed by atoms with Gasteiger partial charge in [0.25, 0.3) is 5.62 Å². The molecule has 0 amide bonds. The lowest BCUT2D eigenvalue weighted by Gasteiger charge is -2.22. The van der Waals surface area contributed by atoms with Crippen molar-refractivity contribution >= 4 is 5.69 Å². The van der Waals surface area contributed by atoms with Gasteiger partial charge in [-0.3, -0.25) is 5.41 Å². The van der Waals surface area contributed by atoms with Gasteiger partial charge in [-0.2, -0.15) is 4.73 Å². The molecule has 7 heteroatoms. The molecule has 0 aliphatic heterocycles. The van der Waals surface area contributed by atoms with Crippen LogP contribution in [-0.2, 0) is 0 Å². The maximum absolute atomic E-state index is 9.20.